The molecule has 1 aromatic carbocycles. The molecular weight excluding hydrogens is 238 g/mol. The van der Waals surface area contributed by atoms with Gasteiger partial charge in [-0.3, -0.25) is 0 Å². The zero-order chi connectivity index (χ0) is 13.7. The Morgan fingerprint density at radius 1 is 1.37 bits per heavy atom. The smallest absolute Gasteiger partial charge is 0.124 e. The number of nitrogens with one attached hydrogen (secondary N) is 1. The minimum absolute atomic E-state index is 0.153. The molecular formula is C16H25NO2. The molecule has 1 heterocycles. The van der Waals surface area contributed by atoms with Gasteiger partial charge in [0.05, 0.1) is 18.2 Å². The van der Waals surface area contributed by atoms with E-state index >= 15 is 0 Å². The second-order valence-electron chi connectivity index (χ2n) is 5.31. The molecule has 3 nitrogen and oxygen atoms in total. The standard InChI is InChI=1S/C16H25NO2/c1-4-18-14-10-6-5-9-13(14)15(17-3)16(2)11-7-8-12-19-16/h5-6,9-10,15,17H,4,7-8,11-12H2,1-3H3. The zero-order valence-electron chi connectivity index (χ0n) is 12.2. The Bertz CT molecular complexity index is 399. The normalized spacial score (nSPS) is 25.0. The molecule has 1 fully saturated rings. The maximum atomic E-state index is 6.09. The molecule has 1 aliphatic heterocycles. The van der Waals surface area contributed by atoms with Gasteiger partial charge in [-0.05, 0) is 46.2 Å². The summed E-state index contributed by atoms with van der Waals surface area (Å²) >= 11 is 0. The van der Waals surface area contributed by atoms with Gasteiger partial charge in [0.2, 0.25) is 0 Å². The maximum absolute atomic E-state index is 6.09. The highest BCUT2D eigenvalue weighted by Crippen LogP contribution is 2.39. The lowest BCUT2D eigenvalue weighted by Gasteiger charge is -2.41. The van der Waals surface area contributed by atoms with Gasteiger partial charge in [-0.15, -0.1) is 0 Å². The van der Waals surface area contributed by atoms with Gasteiger partial charge >= 0.3 is 0 Å². The second-order valence-corrected chi connectivity index (χ2v) is 5.31. The van der Waals surface area contributed by atoms with Gasteiger partial charge in [-0.25, -0.2) is 0 Å². The highest BCUT2D eigenvalue weighted by molar-refractivity contribution is 5.37. The quantitative estimate of drug-likeness (QED) is 0.884. The van der Waals surface area contributed by atoms with E-state index in [4.69, 9.17) is 9.47 Å². The average molecular weight is 263 g/mol. The summed E-state index contributed by atoms with van der Waals surface area (Å²) in [5, 5.41) is 3.42. The van der Waals surface area contributed by atoms with Crippen LogP contribution >= 0.6 is 0 Å². The van der Waals surface area contributed by atoms with E-state index in [0.717, 1.165) is 18.8 Å². The number of para-hydroxylation sites is 1. The molecule has 1 aliphatic rings. The summed E-state index contributed by atoms with van der Waals surface area (Å²) in [4.78, 5) is 0. The molecule has 0 aliphatic carbocycles. The summed E-state index contributed by atoms with van der Waals surface area (Å²) in [6.45, 7) is 5.76. The number of hydrogen-bond donors (Lipinski definition) is 1. The highest BCUT2D eigenvalue weighted by Gasteiger charge is 2.38. The topological polar surface area (TPSA) is 30.5 Å². The molecule has 0 spiro atoms. The fourth-order valence-corrected chi connectivity index (χ4v) is 2.98. The van der Waals surface area contributed by atoms with Gasteiger partial charge in [-0.1, -0.05) is 18.2 Å². The predicted molar refractivity (Wildman–Crippen MR) is 77.6 cm³/mol. The van der Waals surface area contributed by atoms with Crippen molar-refractivity contribution >= 4 is 0 Å². The summed E-state index contributed by atoms with van der Waals surface area (Å²) < 4.78 is 11.8. The van der Waals surface area contributed by atoms with Crippen LogP contribution in [0.4, 0.5) is 0 Å². The van der Waals surface area contributed by atoms with E-state index in [2.05, 4.69) is 24.4 Å². The van der Waals surface area contributed by atoms with Crippen molar-refractivity contribution in [3.05, 3.63) is 29.8 Å². The Morgan fingerprint density at radius 2 is 2.16 bits per heavy atom. The van der Waals surface area contributed by atoms with Crippen molar-refractivity contribution in [2.75, 3.05) is 20.3 Å². The Balaban J connectivity index is 2.30. The lowest BCUT2D eigenvalue weighted by molar-refractivity contribution is -0.0888. The van der Waals surface area contributed by atoms with Gasteiger partial charge in [0, 0.05) is 12.2 Å². The number of benzene rings is 1. The first-order valence-corrected chi connectivity index (χ1v) is 7.24. The van der Waals surface area contributed by atoms with Crippen LogP contribution in [0.3, 0.4) is 0 Å². The van der Waals surface area contributed by atoms with Crippen LogP contribution in [0.15, 0.2) is 24.3 Å². The van der Waals surface area contributed by atoms with Gasteiger partial charge < -0.3 is 14.8 Å². The lowest BCUT2D eigenvalue weighted by Crippen LogP contribution is -2.45. The summed E-state index contributed by atoms with van der Waals surface area (Å²) in [7, 11) is 2.00. The van der Waals surface area contributed by atoms with E-state index in [1.165, 1.54) is 18.4 Å². The van der Waals surface area contributed by atoms with E-state index in [0.29, 0.717) is 6.61 Å². The van der Waals surface area contributed by atoms with Crippen LogP contribution in [0.1, 0.15) is 44.7 Å². The average Bonchev–Trinajstić information content (AvgIpc) is 2.42. The molecule has 0 bridgehead atoms. The predicted octanol–water partition coefficient (Wildman–Crippen LogP) is 3.31. The summed E-state index contributed by atoms with van der Waals surface area (Å²) in [6, 6.07) is 8.42. The van der Waals surface area contributed by atoms with Crippen molar-refractivity contribution in [1.29, 1.82) is 0 Å². The zero-order valence-corrected chi connectivity index (χ0v) is 12.2. The Labute approximate surface area is 116 Å². The van der Waals surface area contributed by atoms with Crippen LogP contribution in [-0.4, -0.2) is 25.9 Å². The monoisotopic (exact) mass is 263 g/mol. The molecule has 2 rings (SSSR count). The molecule has 1 N–H and O–H groups in total. The third-order valence-electron chi connectivity index (χ3n) is 3.93. The lowest BCUT2D eigenvalue weighted by atomic mass is 9.84. The first kappa shape index (κ1) is 14.4. The first-order valence-electron chi connectivity index (χ1n) is 7.24. The van der Waals surface area contributed by atoms with Crippen molar-refractivity contribution in [1.82, 2.24) is 5.32 Å². The first-order chi connectivity index (χ1) is 9.21. The Morgan fingerprint density at radius 3 is 2.79 bits per heavy atom. The van der Waals surface area contributed by atoms with Crippen molar-refractivity contribution in [3.8, 4) is 5.75 Å². The van der Waals surface area contributed by atoms with Crippen molar-refractivity contribution in [3.63, 3.8) is 0 Å². The SMILES string of the molecule is CCOc1ccccc1C(NC)C1(C)CCCCO1. The minimum Gasteiger partial charge on any atom is -0.494 e. The van der Waals surface area contributed by atoms with E-state index < -0.39 is 0 Å². The van der Waals surface area contributed by atoms with Crippen LogP contribution in [-0.2, 0) is 4.74 Å². The molecule has 2 atom stereocenters. The van der Waals surface area contributed by atoms with Crippen molar-refractivity contribution in [2.45, 2.75) is 44.8 Å². The van der Waals surface area contributed by atoms with Gasteiger partial charge in [0.25, 0.3) is 0 Å². The fourth-order valence-electron chi connectivity index (χ4n) is 2.98. The van der Waals surface area contributed by atoms with E-state index in [1.54, 1.807) is 0 Å². The number of likely N-dealkylation sites (N-methyl/N-ethyl adjacent to an activating group) is 1. The molecule has 19 heavy (non-hydrogen) atoms. The molecule has 2 unspecified atom stereocenters. The third kappa shape index (κ3) is 3.10. The van der Waals surface area contributed by atoms with Gasteiger partial charge in [0.1, 0.15) is 5.75 Å². The molecule has 0 aromatic heterocycles. The van der Waals surface area contributed by atoms with E-state index in [-0.39, 0.29) is 11.6 Å². The summed E-state index contributed by atoms with van der Waals surface area (Å²) in [5.74, 6) is 0.958. The highest BCUT2D eigenvalue weighted by atomic mass is 16.5. The molecule has 1 aromatic rings. The summed E-state index contributed by atoms with van der Waals surface area (Å²) in [5.41, 5.74) is 1.04. The third-order valence-corrected chi connectivity index (χ3v) is 3.93. The van der Waals surface area contributed by atoms with Crippen molar-refractivity contribution < 1.29 is 9.47 Å². The largest absolute Gasteiger partial charge is 0.494 e. The van der Waals surface area contributed by atoms with Crippen LogP contribution in [0.2, 0.25) is 0 Å². The minimum atomic E-state index is -0.153. The molecule has 3 heteroatoms. The van der Waals surface area contributed by atoms with Crippen LogP contribution in [0.25, 0.3) is 0 Å². The van der Waals surface area contributed by atoms with Crippen molar-refractivity contribution in [2.24, 2.45) is 0 Å². The van der Waals surface area contributed by atoms with Gasteiger partial charge in [-0.2, -0.15) is 0 Å². The van der Waals surface area contributed by atoms with Crippen LogP contribution < -0.4 is 10.1 Å². The van der Waals surface area contributed by atoms with Crippen LogP contribution in [0.5, 0.6) is 5.75 Å². The number of ether oxygens (including phenoxy) is 2. The Kier molecular flexibility index (Phi) is 4.83. The fraction of sp³-hybridized carbons (Fsp3) is 0.625. The van der Waals surface area contributed by atoms with E-state index in [1.807, 2.05) is 26.1 Å². The van der Waals surface area contributed by atoms with Gasteiger partial charge in [0.15, 0.2) is 0 Å². The maximum Gasteiger partial charge on any atom is 0.124 e. The Hall–Kier alpha value is -1.06. The number of rotatable bonds is 5. The van der Waals surface area contributed by atoms with Crippen LogP contribution in [0, 0.1) is 0 Å². The number of hydrogen-bond acceptors (Lipinski definition) is 3. The molecule has 0 amide bonds. The molecule has 0 radical (unpaired) electrons. The molecule has 106 valence electrons. The summed E-state index contributed by atoms with van der Waals surface area (Å²) in [6.07, 6.45) is 3.48. The second kappa shape index (κ2) is 6.40. The van der Waals surface area contributed by atoms with E-state index in [9.17, 15) is 0 Å². The molecule has 0 saturated carbocycles. The molecule has 1 saturated heterocycles.